The van der Waals surface area contributed by atoms with E-state index in [0.717, 1.165) is 0 Å². The molecule has 3 rings (SSSR count). The molecule has 0 fully saturated rings. The molecule has 0 bridgehead atoms. The number of hydrogen-bond donors (Lipinski definition) is 2. The number of fused-ring (bicyclic) bond motifs is 1. The average Bonchev–Trinajstić information content (AvgIpc) is 2.49. The highest BCUT2D eigenvalue weighted by atomic mass is 19.1. The van der Waals surface area contributed by atoms with E-state index in [1.54, 1.807) is 24.3 Å². The van der Waals surface area contributed by atoms with Crippen molar-refractivity contribution in [3.63, 3.8) is 0 Å². The third-order valence-electron chi connectivity index (χ3n) is 3.05. The molecule has 1 aromatic heterocycles. The summed E-state index contributed by atoms with van der Waals surface area (Å²) in [5, 5.41) is 12.9. The van der Waals surface area contributed by atoms with Crippen molar-refractivity contribution >= 4 is 22.4 Å². The highest BCUT2D eigenvalue weighted by molar-refractivity contribution is 5.91. The summed E-state index contributed by atoms with van der Waals surface area (Å²) in [4.78, 5) is 8.11. The Morgan fingerprint density at radius 1 is 1.19 bits per heavy atom. The third kappa shape index (κ3) is 2.43. The average molecular weight is 285 g/mol. The second kappa shape index (κ2) is 5.24. The summed E-state index contributed by atoms with van der Waals surface area (Å²) in [5.74, 6) is 0.299. The lowest BCUT2D eigenvalue weighted by atomic mass is 10.2. The Morgan fingerprint density at radius 3 is 2.86 bits per heavy atom. The molecule has 2 aromatic carbocycles. The van der Waals surface area contributed by atoms with E-state index in [2.05, 4.69) is 15.3 Å². The molecule has 2 N–H and O–H groups in total. The molecular weight excluding hydrogens is 273 g/mol. The number of nitrogens with one attached hydrogen (secondary N) is 1. The first-order valence-corrected chi connectivity index (χ1v) is 6.22. The smallest absolute Gasteiger partial charge is 0.162 e. The fourth-order valence-corrected chi connectivity index (χ4v) is 2.05. The molecule has 0 aliphatic carbocycles. The van der Waals surface area contributed by atoms with Gasteiger partial charge in [0.25, 0.3) is 0 Å². The van der Waals surface area contributed by atoms with E-state index >= 15 is 0 Å². The number of phenols is 1. The van der Waals surface area contributed by atoms with Gasteiger partial charge in [0.1, 0.15) is 18.0 Å². The van der Waals surface area contributed by atoms with Crippen molar-refractivity contribution in [2.45, 2.75) is 0 Å². The van der Waals surface area contributed by atoms with Crippen LogP contribution in [0.25, 0.3) is 10.9 Å². The molecule has 0 saturated carbocycles. The Hall–Kier alpha value is -2.89. The fraction of sp³-hybridized carbons (Fsp3) is 0.0667. The van der Waals surface area contributed by atoms with Gasteiger partial charge in [-0.2, -0.15) is 0 Å². The maximum absolute atomic E-state index is 14.0. The van der Waals surface area contributed by atoms with Crippen LogP contribution in [0, 0.1) is 5.82 Å². The highest BCUT2D eigenvalue weighted by Crippen LogP contribution is 2.31. The first kappa shape index (κ1) is 13.1. The monoisotopic (exact) mass is 285 g/mol. The van der Waals surface area contributed by atoms with E-state index in [1.807, 2.05) is 0 Å². The van der Waals surface area contributed by atoms with Gasteiger partial charge in [0.15, 0.2) is 11.5 Å². The van der Waals surface area contributed by atoms with Gasteiger partial charge in [0.05, 0.1) is 18.0 Å². The Bertz CT molecular complexity index is 803. The number of phenolic OH excluding ortho intramolecular Hbond substituents is 1. The van der Waals surface area contributed by atoms with Crippen molar-refractivity contribution < 1.29 is 14.2 Å². The van der Waals surface area contributed by atoms with Gasteiger partial charge in [-0.3, -0.25) is 0 Å². The van der Waals surface area contributed by atoms with Crippen molar-refractivity contribution in [3.05, 3.63) is 48.5 Å². The molecule has 3 aromatic rings. The fourth-order valence-electron chi connectivity index (χ4n) is 2.05. The zero-order valence-electron chi connectivity index (χ0n) is 11.2. The molecule has 0 aliphatic heterocycles. The van der Waals surface area contributed by atoms with Gasteiger partial charge < -0.3 is 15.2 Å². The largest absolute Gasteiger partial charge is 0.504 e. The maximum atomic E-state index is 14.0. The maximum Gasteiger partial charge on any atom is 0.162 e. The van der Waals surface area contributed by atoms with Crippen molar-refractivity contribution in [1.82, 2.24) is 9.97 Å². The lowest BCUT2D eigenvalue weighted by Gasteiger charge is -2.10. The SMILES string of the molecule is COc1cc(Nc2ncnc3cccc(F)c23)ccc1O. The molecule has 0 saturated heterocycles. The van der Waals surface area contributed by atoms with E-state index < -0.39 is 5.82 Å². The van der Waals surface area contributed by atoms with E-state index in [1.165, 1.54) is 25.6 Å². The number of nitrogens with zero attached hydrogens (tertiary/aromatic N) is 2. The van der Waals surface area contributed by atoms with E-state index in [4.69, 9.17) is 4.74 Å². The van der Waals surface area contributed by atoms with Crippen LogP contribution in [0.15, 0.2) is 42.7 Å². The second-order valence-corrected chi connectivity index (χ2v) is 4.37. The van der Waals surface area contributed by atoms with Crippen LogP contribution in [0.1, 0.15) is 0 Å². The van der Waals surface area contributed by atoms with Crippen molar-refractivity contribution in [3.8, 4) is 11.5 Å². The minimum Gasteiger partial charge on any atom is -0.504 e. The number of ether oxygens (including phenoxy) is 1. The van der Waals surface area contributed by atoms with E-state index in [0.29, 0.717) is 28.2 Å². The Morgan fingerprint density at radius 2 is 2.05 bits per heavy atom. The lowest BCUT2D eigenvalue weighted by molar-refractivity contribution is 0.374. The number of aromatic nitrogens is 2. The van der Waals surface area contributed by atoms with Gasteiger partial charge in [0.2, 0.25) is 0 Å². The highest BCUT2D eigenvalue weighted by Gasteiger charge is 2.10. The second-order valence-electron chi connectivity index (χ2n) is 4.37. The number of anilines is 2. The summed E-state index contributed by atoms with van der Waals surface area (Å²) in [6.45, 7) is 0. The van der Waals surface area contributed by atoms with Crippen molar-refractivity contribution in [2.24, 2.45) is 0 Å². The van der Waals surface area contributed by atoms with Gasteiger partial charge in [-0.05, 0) is 24.3 Å². The van der Waals surface area contributed by atoms with Gasteiger partial charge in [-0.25, -0.2) is 14.4 Å². The topological polar surface area (TPSA) is 67.3 Å². The summed E-state index contributed by atoms with van der Waals surface area (Å²) in [6, 6.07) is 9.40. The number of halogens is 1. The Labute approximate surface area is 120 Å². The van der Waals surface area contributed by atoms with Crippen LogP contribution in [-0.2, 0) is 0 Å². The molecule has 0 atom stereocenters. The zero-order valence-corrected chi connectivity index (χ0v) is 11.2. The van der Waals surface area contributed by atoms with Gasteiger partial charge in [-0.1, -0.05) is 6.07 Å². The predicted octanol–water partition coefficient (Wildman–Crippen LogP) is 3.23. The molecule has 0 aliphatic rings. The van der Waals surface area contributed by atoms with Crippen molar-refractivity contribution in [2.75, 3.05) is 12.4 Å². The summed E-state index contributed by atoms with van der Waals surface area (Å²) in [5.41, 5.74) is 1.13. The lowest BCUT2D eigenvalue weighted by Crippen LogP contribution is -1.98. The molecular formula is C15H12FN3O2. The molecule has 0 amide bonds. The first-order valence-electron chi connectivity index (χ1n) is 6.22. The third-order valence-corrected chi connectivity index (χ3v) is 3.05. The van der Waals surface area contributed by atoms with Crippen LogP contribution >= 0.6 is 0 Å². The summed E-state index contributed by atoms with van der Waals surface area (Å²) < 4.78 is 19.0. The Balaban J connectivity index is 2.06. The van der Waals surface area contributed by atoms with Gasteiger partial charge in [0, 0.05) is 11.8 Å². The van der Waals surface area contributed by atoms with E-state index in [-0.39, 0.29) is 5.75 Å². The van der Waals surface area contributed by atoms with Crippen LogP contribution < -0.4 is 10.1 Å². The molecule has 21 heavy (non-hydrogen) atoms. The normalized spacial score (nSPS) is 10.6. The molecule has 106 valence electrons. The first-order chi connectivity index (χ1) is 10.2. The molecule has 0 unspecified atom stereocenters. The minimum atomic E-state index is -0.402. The van der Waals surface area contributed by atoms with Crippen molar-refractivity contribution in [1.29, 1.82) is 0 Å². The van der Waals surface area contributed by atoms with Gasteiger partial charge in [-0.15, -0.1) is 0 Å². The standard InChI is InChI=1S/C15H12FN3O2/c1-21-13-7-9(5-6-12(13)20)19-15-14-10(16)3-2-4-11(14)17-8-18-15/h2-8,20H,1H3,(H,17,18,19). The predicted molar refractivity (Wildman–Crippen MR) is 77.4 cm³/mol. The molecule has 0 spiro atoms. The summed E-state index contributed by atoms with van der Waals surface area (Å²) in [7, 11) is 1.46. The van der Waals surface area contributed by atoms with Crippen LogP contribution in [0.3, 0.4) is 0 Å². The summed E-state index contributed by atoms with van der Waals surface area (Å²) in [6.07, 6.45) is 1.36. The number of hydrogen-bond acceptors (Lipinski definition) is 5. The van der Waals surface area contributed by atoms with Crippen LogP contribution in [0.4, 0.5) is 15.9 Å². The van der Waals surface area contributed by atoms with Crippen LogP contribution in [-0.4, -0.2) is 22.2 Å². The molecule has 0 radical (unpaired) electrons. The quantitative estimate of drug-likeness (QED) is 0.723. The van der Waals surface area contributed by atoms with Crippen LogP contribution in [0.2, 0.25) is 0 Å². The summed E-state index contributed by atoms with van der Waals surface area (Å²) >= 11 is 0. The number of aromatic hydroxyl groups is 1. The number of methoxy groups -OCH3 is 1. The van der Waals surface area contributed by atoms with Crippen LogP contribution in [0.5, 0.6) is 11.5 Å². The molecule has 6 heteroatoms. The molecule has 1 heterocycles. The van der Waals surface area contributed by atoms with Gasteiger partial charge >= 0.3 is 0 Å². The van der Waals surface area contributed by atoms with E-state index in [9.17, 15) is 9.50 Å². The number of rotatable bonds is 3. The Kier molecular flexibility index (Phi) is 3.27. The molecule has 5 nitrogen and oxygen atoms in total. The number of benzene rings is 2. The zero-order chi connectivity index (χ0) is 14.8. The minimum absolute atomic E-state index is 0.0294.